The van der Waals surface area contributed by atoms with Crippen LogP contribution in [0.1, 0.15) is 38.1 Å². The summed E-state index contributed by atoms with van der Waals surface area (Å²) in [6, 6.07) is 5.06. The summed E-state index contributed by atoms with van der Waals surface area (Å²) >= 11 is 0. The lowest BCUT2D eigenvalue weighted by atomic mass is 10.1. The Morgan fingerprint density at radius 3 is 2.56 bits per heavy atom. The van der Waals surface area contributed by atoms with Crippen LogP contribution >= 0.6 is 0 Å². The molecule has 2 aromatic rings. The quantitative estimate of drug-likeness (QED) is 0.813. The number of furan rings is 1. The van der Waals surface area contributed by atoms with Gasteiger partial charge >= 0.3 is 0 Å². The van der Waals surface area contributed by atoms with Crippen LogP contribution in [0.25, 0.3) is 11.0 Å². The number of fused-ring (bicyclic) bond motifs is 1. The average Bonchev–Trinajstić information content (AvgIpc) is 2.81. The monoisotopic (exact) mass is 367 g/mol. The molecule has 6 nitrogen and oxygen atoms in total. The van der Waals surface area contributed by atoms with Crippen molar-refractivity contribution in [1.29, 1.82) is 0 Å². The molecule has 0 bridgehead atoms. The van der Waals surface area contributed by atoms with Gasteiger partial charge in [-0.1, -0.05) is 13.8 Å². The third-order valence-electron chi connectivity index (χ3n) is 3.89. The zero-order valence-corrected chi connectivity index (χ0v) is 16.1. The summed E-state index contributed by atoms with van der Waals surface area (Å²) in [6.45, 7) is 7.29. The summed E-state index contributed by atoms with van der Waals surface area (Å²) in [6.07, 6.45) is 0. The van der Waals surface area contributed by atoms with Gasteiger partial charge in [0.1, 0.15) is 22.8 Å². The smallest absolute Gasteiger partial charge is 0.235 e. The highest BCUT2D eigenvalue weighted by Crippen LogP contribution is 2.31. The molecule has 1 aromatic heterocycles. The molecule has 1 heterocycles. The second-order valence-corrected chi connectivity index (χ2v) is 8.80. The SMILES string of the molecule is COc1ccc2oc(C(C)NC(=O)CS(=O)(=O)CC(C)C)c(C)c2c1. The van der Waals surface area contributed by atoms with Crippen LogP contribution in [0, 0.1) is 12.8 Å². The fourth-order valence-corrected chi connectivity index (χ4v) is 4.49. The van der Waals surface area contributed by atoms with Crippen LogP contribution in [0.15, 0.2) is 22.6 Å². The van der Waals surface area contributed by atoms with E-state index in [1.54, 1.807) is 20.1 Å². The van der Waals surface area contributed by atoms with E-state index in [-0.39, 0.29) is 11.7 Å². The lowest BCUT2D eigenvalue weighted by Crippen LogP contribution is -2.33. The van der Waals surface area contributed by atoms with E-state index in [2.05, 4.69) is 5.32 Å². The molecule has 0 spiro atoms. The predicted molar refractivity (Wildman–Crippen MR) is 97.6 cm³/mol. The topological polar surface area (TPSA) is 85.6 Å². The maximum atomic E-state index is 12.1. The van der Waals surface area contributed by atoms with Crippen molar-refractivity contribution >= 4 is 26.7 Å². The Bertz CT molecular complexity index is 867. The fourth-order valence-electron chi connectivity index (χ4n) is 2.87. The molecule has 0 aliphatic heterocycles. The molecule has 25 heavy (non-hydrogen) atoms. The lowest BCUT2D eigenvalue weighted by Gasteiger charge is -2.13. The average molecular weight is 367 g/mol. The summed E-state index contributed by atoms with van der Waals surface area (Å²) in [5, 5.41) is 3.62. The highest BCUT2D eigenvalue weighted by Gasteiger charge is 2.22. The number of aryl methyl sites for hydroxylation is 1. The van der Waals surface area contributed by atoms with Crippen molar-refractivity contribution in [3.63, 3.8) is 0 Å². The molecule has 0 fully saturated rings. The van der Waals surface area contributed by atoms with Crippen LogP contribution in [0.5, 0.6) is 5.75 Å². The molecular weight excluding hydrogens is 342 g/mol. The van der Waals surface area contributed by atoms with Crippen LogP contribution < -0.4 is 10.1 Å². The van der Waals surface area contributed by atoms with Gasteiger partial charge in [0.15, 0.2) is 9.84 Å². The van der Waals surface area contributed by atoms with Gasteiger partial charge in [-0.15, -0.1) is 0 Å². The van der Waals surface area contributed by atoms with Gasteiger partial charge in [0.05, 0.1) is 18.9 Å². The van der Waals surface area contributed by atoms with Gasteiger partial charge in [-0.25, -0.2) is 8.42 Å². The van der Waals surface area contributed by atoms with Crippen molar-refractivity contribution in [2.45, 2.75) is 33.7 Å². The van der Waals surface area contributed by atoms with Crippen molar-refractivity contribution < 1.29 is 22.4 Å². The van der Waals surface area contributed by atoms with Crippen LogP contribution in [0.4, 0.5) is 0 Å². The van der Waals surface area contributed by atoms with E-state index in [0.717, 1.165) is 16.7 Å². The summed E-state index contributed by atoms with van der Waals surface area (Å²) in [7, 11) is -1.82. The Kier molecular flexibility index (Phi) is 5.77. The number of hydrogen-bond acceptors (Lipinski definition) is 5. The van der Waals surface area contributed by atoms with Crippen molar-refractivity contribution in [1.82, 2.24) is 5.32 Å². The molecule has 0 saturated carbocycles. The molecule has 1 amide bonds. The molecule has 1 aromatic carbocycles. The van der Waals surface area contributed by atoms with Gasteiger partial charge in [0.25, 0.3) is 0 Å². The molecule has 0 aliphatic rings. The highest BCUT2D eigenvalue weighted by molar-refractivity contribution is 7.92. The van der Waals surface area contributed by atoms with E-state index in [1.807, 2.05) is 32.9 Å². The normalized spacial score (nSPS) is 13.2. The van der Waals surface area contributed by atoms with Crippen molar-refractivity contribution in [3.05, 3.63) is 29.5 Å². The number of nitrogens with one attached hydrogen (secondary N) is 1. The van der Waals surface area contributed by atoms with Gasteiger partial charge < -0.3 is 14.5 Å². The van der Waals surface area contributed by atoms with Crippen molar-refractivity contribution in [3.8, 4) is 5.75 Å². The van der Waals surface area contributed by atoms with E-state index in [4.69, 9.17) is 9.15 Å². The highest BCUT2D eigenvalue weighted by atomic mass is 32.2. The first kappa shape index (κ1) is 19.3. The number of rotatable bonds is 7. The number of benzene rings is 1. The van der Waals surface area contributed by atoms with E-state index in [1.165, 1.54) is 0 Å². The lowest BCUT2D eigenvalue weighted by molar-refractivity contribution is -0.119. The maximum Gasteiger partial charge on any atom is 0.235 e. The molecule has 2 rings (SSSR count). The maximum absolute atomic E-state index is 12.1. The van der Waals surface area contributed by atoms with Gasteiger partial charge in [0, 0.05) is 10.9 Å². The second kappa shape index (κ2) is 7.47. The number of carbonyl (C=O) groups is 1. The van der Waals surface area contributed by atoms with Crippen molar-refractivity contribution in [2.75, 3.05) is 18.6 Å². The Morgan fingerprint density at radius 1 is 1.28 bits per heavy atom. The number of ether oxygens (including phenoxy) is 1. The van der Waals surface area contributed by atoms with E-state index >= 15 is 0 Å². The summed E-state index contributed by atoms with van der Waals surface area (Å²) in [5.41, 5.74) is 1.59. The van der Waals surface area contributed by atoms with E-state index < -0.39 is 27.5 Å². The molecule has 1 atom stereocenters. The third kappa shape index (κ3) is 4.75. The molecule has 1 unspecified atom stereocenters. The molecule has 0 aliphatic carbocycles. The molecule has 138 valence electrons. The first-order valence-corrected chi connectivity index (χ1v) is 10.0. The zero-order chi connectivity index (χ0) is 18.8. The van der Waals surface area contributed by atoms with E-state index in [9.17, 15) is 13.2 Å². The standard InChI is InChI=1S/C18H25NO5S/c1-11(2)9-25(21,22)10-17(20)19-13(4)18-12(3)15-8-14(23-5)6-7-16(15)24-18/h6-8,11,13H,9-10H2,1-5H3,(H,19,20). The van der Waals surface area contributed by atoms with Gasteiger partial charge in [-0.2, -0.15) is 0 Å². The number of amides is 1. The first-order chi connectivity index (χ1) is 11.6. The number of carbonyl (C=O) groups excluding carboxylic acids is 1. The molecule has 1 N–H and O–H groups in total. The van der Waals surface area contributed by atoms with Gasteiger partial charge in [-0.05, 0) is 38.0 Å². The number of methoxy groups -OCH3 is 1. The Morgan fingerprint density at radius 2 is 1.96 bits per heavy atom. The molecule has 7 heteroatoms. The molecule has 0 radical (unpaired) electrons. The summed E-state index contributed by atoms with van der Waals surface area (Å²) < 4.78 is 35.0. The minimum Gasteiger partial charge on any atom is -0.497 e. The Balaban J connectivity index is 2.15. The second-order valence-electron chi connectivity index (χ2n) is 6.69. The fraction of sp³-hybridized carbons (Fsp3) is 0.500. The van der Waals surface area contributed by atoms with Crippen LogP contribution in [-0.2, 0) is 14.6 Å². The number of hydrogen-bond donors (Lipinski definition) is 1. The molecular formula is C18H25NO5S. The Hall–Kier alpha value is -2.02. The Labute approximate surface area is 148 Å². The van der Waals surface area contributed by atoms with Crippen LogP contribution in [0.3, 0.4) is 0 Å². The number of sulfone groups is 1. The van der Waals surface area contributed by atoms with Crippen molar-refractivity contribution in [2.24, 2.45) is 5.92 Å². The third-order valence-corrected chi connectivity index (χ3v) is 5.77. The minimum absolute atomic E-state index is 0.00173. The van der Waals surface area contributed by atoms with Crippen LogP contribution in [-0.4, -0.2) is 32.9 Å². The summed E-state index contributed by atoms with van der Waals surface area (Å²) in [5.74, 6) is 0.284. The van der Waals surface area contributed by atoms with Crippen LogP contribution in [0.2, 0.25) is 0 Å². The van der Waals surface area contributed by atoms with Gasteiger partial charge in [0.2, 0.25) is 5.91 Å². The predicted octanol–water partition coefficient (Wildman–Crippen LogP) is 3.00. The first-order valence-electron chi connectivity index (χ1n) is 8.19. The van der Waals surface area contributed by atoms with E-state index in [0.29, 0.717) is 11.3 Å². The molecule has 0 saturated heterocycles. The summed E-state index contributed by atoms with van der Waals surface area (Å²) in [4.78, 5) is 12.1. The largest absolute Gasteiger partial charge is 0.497 e. The zero-order valence-electron chi connectivity index (χ0n) is 15.3. The van der Waals surface area contributed by atoms with Gasteiger partial charge in [-0.3, -0.25) is 4.79 Å². The minimum atomic E-state index is -3.41.